The van der Waals surface area contributed by atoms with Gasteiger partial charge in [-0.1, -0.05) is 15.9 Å². The second kappa shape index (κ2) is 6.39. The summed E-state index contributed by atoms with van der Waals surface area (Å²) in [6.07, 6.45) is 1.90. The van der Waals surface area contributed by atoms with Crippen LogP contribution in [-0.2, 0) is 14.3 Å². The molecule has 0 spiro atoms. The molecule has 2 rings (SSSR count). The SMILES string of the molecule is COC(=O)C(Nc1ccc(Br)cc1)C1CCC(C)O1. The molecule has 0 radical (unpaired) electrons. The van der Waals surface area contributed by atoms with E-state index in [2.05, 4.69) is 21.2 Å². The van der Waals surface area contributed by atoms with E-state index in [1.165, 1.54) is 7.11 Å². The van der Waals surface area contributed by atoms with Gasteiger partial charge in [0.25, 0.3) is 0 Å². The zero-order valence-electron chi connectivity index (χ0n) is 11.1. The minimum absolute atomic E-state index is 0.133. The fourth-order valence-corrected chi connectivity index (χ4v) is 2.50. The molecule has 104 valence electrons. The van der Waals surface area contributed by atoms with Crippen molar-refractivity contribution in [2.24, 2.45) is 0 Å². The first kappa shape index (κ1) is 14.3. The van der Waals surface area contributed by atoms with Crippen LogP contribution in [0.4, 0.5) is 5.69 Å². The maximum Gasteiger partial charge on any atom is 0.331 e. The summed E-state index contributed by atoms with van der Waals surface area (Å²) >= 11 is 3.38. The quantitative estimate of drug-likeness (QED) is 0.864. The Bertz CT molecular complexity index is 435. The number of halogens is 1. The monoisotopic (exact) mass is 327 g/mol. The van der Waals surface area contributed by atoms with E-state index < -0.39 is 6.04 Å². The number of carbonyl (C=O) groups is 1. The highest BCUT2D eigenvalue weighted by Gasteiger charge is 2.35. The summed E-state index contributed by atoms with van der Waals surface area (Å²) in [5.41, 5.74) is 0.877. The molecule has 1 saturated heterocycles. The van der Waals surface area contributed by atoms with Crippen LogP contribution in [0.25, 0.3) is 0 Å². The van der Waals surface area contributed by atoms with Gasteiger partial charge in [-0.25, -0.2) is 4.79 Å². The Morgan fingerprint density at radius 2 is 2.11 bits per heavy atom. The van der Waals surface area contributed by atoms with Crippen molar-refractivity contribution in [1.82, 2.24) is 0 Å². The Kier molecular flexibility index (Phi) is 4.82. The van der Waals surface area contributed by atoms with Gasteiger partial charge in [0.05, 0.1) is 19.3 Å². The van der Waals surface area contributed by atoms with Gasteiger partial charge in [0, 0.05) is 10.2 Å². The van der Waals surface area contributed by atoms with Gasteiger partial charge in [-0.2, -0.15) is 0 Å². The number of ether oxygens (including phenoxy) is 2. The molecule has 3 unspecified atom stereocenters. The zero-order valence-corrected chi connectivity index (χ0v) is 12.6. The molecule has 1 aromatic rings. The normalized spacial score (nSPS) is 23.9. The van der Waals surface area contributed by atoms with Crippen LogP contribution in [0, 0.1) is 0 Å². The van der Waals surface area contributed by atoms with Crippen LogP contribution in [0.3, 0.4) is 0 Å². The molecule has 1 fully saturated rings. The number of methoxy groups -OCH3 is 1. The van der Waals surface area contributed by atoms with Crippen molar-refractivity contribution < 1.29 is 14.3 Å². The van der Waals surface area contributed by atoms with E-state index in [0.717, 1.165) is 23.0 Å². The molecule has 0 bridgehead atoms. The van der Waals surface area contributed by atoms with Crippen LogP contribution < -0.4 is 5.32 Å². The van der Waals surface area contributed by atoms with Crippen LogP contribution in [0.1, 0.15) is 19.8 Å². The Hall–Kier alpha value is -1.07. The van der Waals surface area contributed by atoms with Gasteiger partial charge >= 0.3 is 5.97 Å². The average molecular weight is 328 g/mol. The Balaban J connectivity index is 2.09. The number of benzene rings is 1. The minimum Gasteiger partial charge on any atom is -0.467 e. The molecule has 0 amide bonds. The first-order valence-corrected chi connectivity index (χ1v) is 7.15. The third kappa shape index (κ3) is 3.70. The number of rotatable bonds is 4. The lowest BCUT2D eigenvalue weighted by molar-refractivity contribution is -0.144. The first-order valence-electron chi connectivity index (χ1n) is 6.35. The molecule has 0 aliphatic carbocycles. The summed E-state index contributed by atoms with van der Waals surface area (Å²) in [6, 6.07) is 7.22. The topological polar surface area (TPSA) is 47.6 Å². The predicted octanol–water partition coefficient (Wildman–Crippen LogP) is 2.97. The van der Waals surface area contributed by atoms with Crippen LogP contribution in [-0.4, -0.2) is 31.3 Å². The van der Waals surface area contributed by atoms with Crippen LogP contribution >= 0.6 is 15.9 Å². The maximum atomic E-state index is 11.9. The summed E-state index contributed by atoms with van der Waals surface area (Å²) in [7, 11) is 1.40. The van der Waals surface area contributed by atoms with Gasteiger partial charge in [0.1, 0.15) is 0 Å². The van der Waals surface area contributed by atoms with Crippen molar-refractivity contribution in [3.63, 3.8) is 0 Å². The van der Waals surface area contributed by atoms with Gasteiger partial charge in [0.15, 0.2) is 6.04 Å². The molecule has 0 aromatic heterocycles. The van der Waals surface area contributed by atoms with Crippen molar-refractivity contribution in [2.75, 3.05) is 12.4 Å². The van der Waals surface area contributed by atoms with E-state index in [4.69, 9.17) is 9.47 Å². The molecule has 1 heterocycles. The number of anilines is 1. The highest BCUT2D eigenvalue weighted by Crippen LogP contribution is 2.25. The van der Waals surface area contributed by atoms with E-state index in [-0.39, 0.29) is 18.2 Å². The molecule has 1 aliphatic heterocycles. The van der Waals surface area contributed by atoms with E-state index in [1.54, 1.807) is 0 Å². The summed E-state index contributed by atoms with van der Waals surface area (Å²) in [5.74, 6) is -0.290. The highest BCUT2D eigenvalue weighted by molar-refractivity contribution is 9.10. The molecule has 3 atom stereocenters. The third-order valence-corrected chi connectivity index (χ3v) is 3.79. The summed E-state index contributed by atoms with van der Waals surface area (Å²) in [4.78, 5) is 11.9. The fraction of sp³-hybridized carbons (Fsp3) is 0.500. The zero-order chi connectivity index (χ0) is 13.8. The molecule has 1 aromatic carbocycles. The largest absolute Gasteiger partial charge is 0.467 e. The number of carbonyl (C=O) groups excluding carboxylic acids is 1. The molecule has 1 aliphatic rings. The number of nitrogens with one attached hydrogen (secondary N) is 1. The van der Waals surface area contributed by atoms with Gasteiger partial charge in [-0.3, -0.25) is 0 Å². The van der Waals surface area contributed by atoms with Crippen molar-refractivity contribution in [3.05, 3.63) is 28.7 Å². The molecule has 19 heavy (non-hydrogen) atoms. The standard InChI is InChI=1S/C14H18BrNO3/c1-9-3-8-12(19-9)13(14(17)18-2)16-11-6-4-10(15)5-7-11/h4-7,9,12-13,16H,3,8H2,1-2H3. The number of hydrogen-bond donors (Lipinski definition) is 1. The van der Waals surface area contributed by atoms with Crippen LogP contribution in [0.15, 0.2) is 28.7 Å². The first-order chi connectivity index (χ1) is 9.10. The second-order valence-corrected chi connectivity index (χ2v) is 5.63. The average Bonchev–Trinajstić information content (AvgIpc) is 2.83. The Labute approximate surface area is 121 Å². The molecular weight excluding hydrogens is 310 g/mol. The Morgan fingerprint density at radius 1 is 1.42 bits per heavy atom. The van der Waals surface area contributed by atoms with Gasteiger partial charge in [-0.05, 0) is 44.0 Å². The lowest BCUT2D eigenvalue weighted by Crippen LogP contribution is -2.41. The second-order valence-electron chi connectivity index (χ2n) is 4.71. The Morgan fingerprint density at radius 3 is 2.63 bits per heavy atom. The summed E-state index contributed by atoms with van der Waals surface area (Å²) in [6.45, 7) is 2.02. The van der Waals surface area contributed by atoms with E-state index in [9.17, 15) is 4.79 Å². The predicted molar refractivity (Wildman–Crippen MR) is 77.1 cm³/mol. The lowest BCUT2D eigenvalue weighted by atomic mass is 10.1. The van der Waals surface area contributed by atoms with Gasteiger partial charge in [-0.15, -0.1) is 0 Å². The molecule has 1 N–H and O–H groups in total. The van der Waals surface area contributed by atoms with Crippen molar-refractivity contribution >= 4 is 27.6 Å². The van der Waals surface area contributed by atoms with Gasteiger partial charge < -0.3 is 14.8 Å². The smallest absolute Gasteiger partial charge is 0.331 e. The number of esters is 1. The lowest BCUT2D eigenvalue weighted by Gasteiger charge is -2.23. The summed E-state index contributed by atoms with van der Waals surface area (Å²) in [5, 5.41) is 3.20. The van der Waals surface area contributed by atoms with E-state index in [0.29, 0.717) is 0 Å². The molecule has 0 saturated carbocycles. The number of hydrogen-bond acceptors (Lipinski definition) is 4. The van der Waals surface area contributed by atoms with Crippen molar-refractivity contribution in [3.8, 4) is 0 Å². The highest BCUT2D eigenvalue weighted by atomic mass is 79.9. The van der Waals surface area contributed by atoms with E-state index >= 15 is 0 Å². The minimum atomic E-state index is -0.462. The third-order valence-electron chi connectivity index (χ3n) is 3.26. The molecular formula is C14H18BrNO3. The van der Waals surface area contributed by atoms with Crippen LogP contribution in [0.5, 0.6) is 0 Å². The van der Waals surface area contributed by atoms with Crippen molar-refractivity contribution in [2.45, 2.75) is 38.0 Å². The fourth-order valence-electron chi connectivity index (χ4n) is 2.23. The molecule has 5 heteroatoms. The van der Waals surface area contributed by atoms with E-state index in [1.807, 2.05) is 31.2 Å². The molecule has 4 nitrogen and oxygen atoms in total. The van der Waals surface area contributed by atoms with Gasteiger partial charge in [0.2, 0.25) is 0 Å². The van der Waals surface area contributed by atoms with Crippen molar-refractivity contribution in [1.29, 1.82) is 0 Å². The maximum absolute atomic E-state index is 11.9. The summed E-state index contributed by atoms with van der Waals surface area (Å²) < 4.78 is 11.6. The van der Waals surface area contributed by atoms with Crippen LogP contribution in [0.2, 0.25) is 0 Å².